The van der Waals surface area contributed by atoms with Crippen LogP contribution in [-0.2, 0) is 0 Å². The highest BCUT2D eigenvalue weighted by Crippen LogP contribution is 2.35. The van der Waals surface area contributed by atoms with E-state index in [1.807, 2.05) is 6.33 Å². The van der Waals surface area contributed by atoms with Crippen LogP contribution in [0.15, 0.2) is 29.0 Å². The summed E-state index contributed by atoms with van der Waals surface area (Å²) < 4.78 is 3.48. The Balaban J connectivity index is 2.05. The highest BCUT2D eigenvalue weighted by atomic mass is 79.9. The zero-order valence-corrected chi connectivity index (χ0v) is 11.7. The maximum atomic E-state index is 4.52. The minimum atomic E-state index is 0.634. The fourth-order valence-electron chi connectivity index (χ4n) is 2.98. The van der Waals surface area contributed by atoms with Gasteiger partial charge in [-0.15, -0.1) is 0 Å². The number of hydrogen-bond donors (Lipinski definition) is 0. The first-order chi connectivity index (χ1) is 8.25. The number of benzene rings is 1. The smallest absolute Gasteiger partial charge is 0.0961 e. The van der Waals surface area contributed by atoms with Gasteiger partial charge in [0.1, 0.15) is 0 Å². The van der Waals surface area contributed by atoms with Crippen LogP contribution >= 0.6 is 15.9 Å². The average molecular weight is 293 g/mol. The Bertz CT molecular complexity index is 532. The third-order valence-corrected chi connectivity index (χ3v) is 4.45. The van der Waals surface area contributed by atoms with Crippen molar-refractivity contribution in [2.24, 2.45) is 5.92 Å². The molecule has 0 saturated heterocycles. The predicted molar refractivity (Wildman–Crippen MR) is 74.1 cm³/mol. The molecule has 2 aromatic rings. The Morgan fingerprint density at radius 2 is 2.12 bits per heavy atom. The third-order valence-electron chi connectivity index (χ3n) is 3.96. The summed E-state index contributed by atoms with van der Waals surface area (Å²) in [5.74, 6) is 0.768. The maximum Gasteiger partial charge on any atom is 0.0961 e. The van der Waals surface area contributed by atoms with Crippen molar-refractivity contribution < 1.29 is 0 Å². The predicted octanol–water partition coefficient (Wildman–Crippen LogP) is 4.55. The molecule has 90 valence electrons. The van der Waals surface area contributed by atoms with Crippen LogP contribution in [0.25, 0.3) is 11.0 Å². The van der Waals surface area contributed by atoms with E-state index in [4.69, 9.17) is 0 Å². The normalized spacial score (nSPS) is 25.3. The number of halogens is 1. The molecule has 2 nitrogen and oxygen atoms in total. The van der Waals surface area contributed by atoms with Crippen molar-refractivity contribution in [1.29, 1.82) is 0 Å². The van der Waals surface area contributed by atoms with Crippen molar-refractivity contribution >= 4 is 27.0 Å². The van der Waals surface area contributed by atoms with Crippen LogP contribution in [0.3, 0.4) is 0 Å². The molecular weight excluding hydrogens is 276 g/mol. The lowest BCUT2D eigenvalue weighted by Gasteiger charge is -2.30. The van der Waals surface area contributed by atoms with Gasteiger partial charge in [0.05, 0.1) is 17.4 Å². The van der Waals surface area contributed by atoms with Crippen LogP contribution in [0.5, 0.6) is 0 Å². The second-order valence-corrected chi connectivity index (χ2v) is 6.03. The first-order valence-corrected chi connectivity index (χ1v) is 7.17. The van der Waals surface area contributed by atoms with Gasteiger partial charge < -0.3 is 4.57 Å². The van der Waals surface area contributed by atoms with Crippen molar-refractivity contribution in [3.63, 3.8) is 0 Å². The Labute approximate surface area is 110 Å². The number of nitrogens with zero attached hydrogens (tertiary/aromatic N) is 2. The van der Waals surface area contributed by atoms with E-state index in [2.05, 4.69) is 50.6 Å². The minimum absolute atomic E-state index is 0.634. The van der Waals surface area contributed by atoms with E-state index in [0.717, 1.165) is 15.9 Å². The molecule has 1 saturated carbocycles. The largest absolute Gasteiger partial charge is 0.327 e. The minimum Gasteiger partial charge on any atom is -0.327 e. The molecule has 2 atom stereocenters. The summed E-state index contributed by atoms with van der Waals surface area (Å²) in [5, 5.41) is 0. The van der Waals surface area contributed by atoms with E-state index in [0.29, 0.717) is 6.04 Å². The van der Waals surface area contributed by atoms with Gasteiger partial charge in [0, 0.05) is 10.5 Å². The van der Waals surface area contributed by atoms with Crippen LogP contribution in [0.1, 0.15) is 38.6 Å². The molecule has 1 aromatic carbocycles. The molecule has 0 aliphatic heterocycles. The fraction of sp³-hybridized carbons (Fsp3) is 0.500. The molecule has 1 aliphatic rings. The van der Waals surface area contributed by atoms with Gasteiger partial charge in [-0.25, -0.2) is 4.98 Å². The summed E-state index contributed by atoms with van der Waals surface area (Å²) >= 11 is 3.50. The summed E-state index contributed by atoms with van der Waals surface area (Å²) in [5.41, 5.74) is 2.36. The van der Waals surface area contributed by atoms with Crippen LogP contribution in [0, 0.1) is 5.92 Å². The summed E-state index contributed by atoms with van der Waals surface area (Å²) in [6.07, 6.45) is 7.40. The van der Waals surface area contributed by atoms with Crippen LogP contribution in [0.2, 0.25) is 0 Å². The SMILES string of the molecule is C[C@@H]1CCCCC1n1cnc2cc(Br)ccc21. The lowest BCUT2D eigenvalue weighted by molar-refractivity contribution is 0.262. The molecule has 3 heteroatoms. The highest BCUT2D eigenvalue weighted by Gasteiger charge is 2.23. The highest BCUT2D eigenvalue weighted by molar-refractivity contribution is 9.10. The van der Waals surface area contributed by atoms with Gasteiger partial charge in [-0.1, -0.05) is 35.7 Å². The molecule has 0 radical (unpaired) electrons. The number of aromatic nitrogens is 2. The van der Waals surface area contributed by atoms with E-state index in [-0.39, 0.29) is 0 Å². The molecule has 17 heavy (non-hydrogen) atoms. The molecule has 1 aromatic heterocycles. The van der Waals surface area contributed by atoms with E-state index in [1.54, 1.807) is 0 Å². The molecule has 1 unspecified atom stereocenters. The molecule has 1 heterocycles. The van der Waals surface area contributed by atoms with Crippen molar-refractivity contribution in [1.82, 2.24) is 9.55 Å². The molecule has 0 bridgehead atoms. The zero-order chi connectivity index (χ0) is 11.8. The van der Waals surface area contributed by atoms with Crippen LogP contribution in [0.4, 0.5) is 0 Å². The summed E-state index contributed by atoms with van der Waals surface area (Å²) in [4.78, 5) is 4.52. The number of imidazole rings is 1. The quantitative estimate of drug-likeness (QED) is 0.754. The number of hydrogen-bond acceptors (Lipinski definition) is 1. The number of rotatable bonds is 1. The monoisotopic (exact) mass is 292 g/mol. The van der Waals surface area contributed by atoms with E-state index >= 15 is 0 Å². The second kappa shape index (κ2) is 4.45. The van der Waals surface area contributed by atoms with Gasteiger partial charge in [0.25, 0.3) is 0 Å². The summed E-state index contributed by atoms with van der Waals surface area (Å²) in [6.45, 7) is 2.37. The van der Waals surface area contributed by atoms with Crippen molar-refractivity contribution in [2.45, 2.75) is 38.6 Å². The van der Waals surface area contributed by atoms with Crippen LogP contribution < -0.4 is 0 Å². The van der Waals surface area contributed by atoms with Gasteiger partial charge in [-0.05, 0) is 37.0 Å². The molecule has 3 rings (SSSR count). The third kappa shape index (κ3) is 2.01. The summed E-state index contributed by atoms with van der Waals surface area (Å²) in [7, 11) is 0. The second-order valence-electron chi connectivity index (χ2n) is 5.11. The molecule has 1 fully saturated rings. The van der Waals surface area contributed by atoms with Gasteiger partial charge in [0.15, 0.2) is 0 Å². The molecule has 0 spiro atoms. The van der Waals surface area contributed by atoms with E-state index in [9.17, 15) is 0 Å². The van der Waals surface area contributed by atoms with Crippen LogP contribution in [-0.4, -0.2) is 9.55 Å². The van der Waals surface area contributed by atoms with Crippen molar-refractivity contribution in [2.75, 3.05) is 0 Å². The Morgan fingerprint density at radius 1 is 1.29 bits per heavy atom. The zero-order valence-electron chi connectivity index (χ0n) is 10.1. The Hall–Kier alpha value is -0.830. The average Bonchev–Trinajstić information content (AvgIpc) is 2.72. The molecule has 0 N–H and O–H groups in total. The Kier molecular flexibility index (Phi) is 2.95. The maximum absolute atomic E-state index is 4.52. The molecule has 1 aliphatic carbocycles. The standard InChI is InChI=1S/C14H17BrN2/c1-10-4-2-3-5-13(10)17-9-16-12-8-11(15)6-7-14(12)17/h6-10,13H,2-5H2,1H3/t10-,13?/m1/s1. The van der Waals surface area contributed by atoms with Gasteiger partial charge in [-0.2, -0.15) is 0 Å². The number of fused-ring (bicyclic) bond motifs is 1. The molecular formula is C14H17BrN2. The van der Waals surface area contributed by atoms with Crippen molar-refractivity contribution in [3.05, 3.63) is 29.0 Å². The van der Waals surface area contributed by atoms with Gasteiger partial charge >= 0.3 is 0 Å². The lowest BCUT2D eigenvalue weighted by Crippen LogP contribution is -2.20. The first-order valence-electron chi connectivity index (χ1n) is 6.38. The van der Waals surface area contributed by atoms with Gasteiger partial charge in [-0.3, -0.25) is 0 Å². The van der Waals surface area contributed by atoms with Crippen molar-refractivity contribution in [3.8, 4) is 0 Å². The van der Waals surface area contributed by atoms with E-state index in [1.165, 1.54) is 31.2 Å². The fourth-order valence-corrected chi connectivity index (χ4v) is 3.33. The topological polar surface area (TPSA) is 17.8 Å². The summed E-state index contributed by atoms with van der Waals surface area (Å²) in [6, 6.07) is 7.01. The Morgan fingerprint density at radius 3 is 2.94 bits per heavy atom. The van der Waals surface area contributed by atoms with Gasteiger partial charge in [0.2, 0.25) is 0 Å². The first kappa shape index (κ1) is 11.3. The van der Waals surface area contributed by atoms with E-state index < -0.39 is 0 Å². The lowest BCUT2D eigenvalue weighted by atomic mass is 9.86. The molecule has 0 amide bonds.